The molecule has 0 amide bonds. The molecule has 78 valence electrons. The van der Waals surface area contributed by atoms with Crippen molar-refractivity contribution in [3.63, 3.8) is 0 Å². The fourth-order valence-corrected chi connectivity index (χ4v) is 1.49. The molecule has 1 aliphatic rings. The number of anilines is 2. The average Bonchev–Trinajstić information content (AvgIpc) is 2.51. The number of nitrogens with one attached hydrogen (secondary N) is 1. The summed E-state index contributed by atoms with van der Waals surface area (Å²) in [6.07, 6.45) is 1.85. The summed E-state index contributed by atoms with van der Waals surface area (Å²) in [5, 5.41) is 10.5. The minimum absolute atomic E-state index is 0.0305. The number of hydrogen-bond donors (Lipinski definition) is 2. The molecule has 0 unspecified atom stereocenters. The smallest absolute Gasteiger partial charge is 0.317 e. The molecule has 0 aromatic carbocycles. The first-order valence-corrected chi connectivity index (χ1v) is 4.63. The third kappa shape index (κ3) is 1.95. The number of aromatic nitrogens is 2. The summed E-state index contributed by atoms with van der Waals surface area (Å²) in [5.41, 5.74) is 5.29. The Kier molecular flexibility index (Phi) is 2.28. The Bertz CT molecular complexity index is 306. The standard InChI is InChI=1S/C8H14N4O2/c1-8(2-4-13-5-3-8)10-7-12-11-6(9)14-7/h2-5H2,1H3,(H2,9,11)(H,10,12). The number of ether oxygens (including phenoxy) is 1. The zero-order valence-electron chi connectivity index (χ0n) is 8.12. The summed E-state index contributed by atoms with van der Waals surface area (Å²) in [4.78, 5) is 0. The molecule has 0 atom stereocenters. The quantitative estimate of drug-likeness (QED) is 0.725. The molecule has 1 aromatic heterocycles. The minimum Gasteiger partial charge on any atom is -0.390 e. The van der Waals surface area contributed by atoms with Crippen LogP contribution in [0.2, 0.25) is 0 Å². The Morgan fingerprint density at radius 2 is 2.07 bits per heavy atom. The molecule has 1 aromatic rings. The van der Waals surface area contributed by atoms with Crippen LogP contribution in [0.3, 0.4) is 0 Å². The number of hydrogen-bond acceptors (Lipinski definition) is 6. The molecule has 2 rings (SSSR count). The van der Waals surface area contributed by atoms with Crippen molar-refractivity contribution in [1.82, 2.24) is 10.2 Å². The third-order valence-electron chi connectivity index (χ3n) is 2.45. The van der Waals surface area contributed by atoms with Crippen LogP contribution in [-0.2, 0) is 4.74 Å². The van der Waals surface area contributed by atoms with E-state index < -0.39 is 0 Å². The molecular weight excluding hydrogens is 184 g/mol. The van der Waals surface area contributed by atoms with Crippen LogP contribution in [0.15, 0.2) is 4.42 Å². The van der Waals surface area contributed by atoms with Gasteiger partial charge in [-0.1, -0.05) is 10.2 Å². The van der Waals surface area contributed by atoms with Crippen molar-refractivity contribution in [2.75, 3.05) is 24.3 Å². The molecule has 0 aliphatic carbocycles. The molecule has 0 saturated carbocycles. The predicted molar refractivity (Wildman–Crippen MR) is 50.8 cm³/mol. The highest BCUT2D eigenvalue weighted by Crippen LogP contribution is 2.24. The zero-order valence-corrected chi connectivity index (χ0v) is 8.12. The molecule has 0 radical (unpaired) electrons. The third-order valence-corrected chi connectivity index (χ3v) is 2.45. The number of nitrogens with zero attached hydrogens (tertiary/aromatic N) is 2. The van der Waals surface area contributed by atoms with E-state index in [1.54, 1.807) is 0 Å². The van der Waals surface area contributed by atoms with Crippen LogP contribution in [0, 0.1) is 0 Å². The molecule has 6 heteroatoms. The van der Waals surface area contributed by atoms with Crippen molar-refractivity contribution < 1.29 is 9.15 Å². The number of nitrogen functional groups attached to an aromatic ring is 1. The normalized spacial score (nSPS) is 20.6. The van der Waals surface area contributed by atoms with Crippen molar-refractivity contribution in [3.05, 3.63) is 0 Å². The van der Waals surface area contributed by atoms with E-state index in [1.165, 1.54) is 0 Å². The highest BCUT2D eigenvalue weighted by molar-refractivity contribution is 5.27. The van der Waals surface area contributed by atoms with Gasteiger partial charge >= 0.3 is 12.0 Å². The highest BCUT2D eigenvalue weighted by Gasteiger charge is 2.28. The van der Waals surface area contributed by atoms with Gasteiger partial charge in [-0.15, -0.1) is 0 Å². The lowest BCUT2D eigenvalue weighted by molar-refractivity contribution is 0.0651. The summed E-state index contributed by atoms with van der Waals surface area (Å²) in [6.45, 7) is 3.62. The Labute approximate surface area is 81.8 Å². The lowest BCUT2D eigenvalue weighted by Crippen LogP contribution is -2.40. The monoisotopic (exact) mass is 198 g/mol. The maximum absolute atomic E-state index is 5.32. The Hall–Kier alpha value is -1.30. The maximum Gasteiger partial charge on any atom is 0.317 e. The first-order chi connectivity index (χ1) is 6.68. The van der Waals surface area contributed by atoms with E-state index in [-0.39, 0.29) is 11.6 Å². The Morgan fingerprint density at radius 1 is 1.36 bits per heavy atom. The highest BCUT2D eigenvalue weighted by atomic mass is 16.5. The van der Waals surface area contributed by atoms with Crippen molar-refractivity contribution in [1.29, 1.82) is 0 Å². The summed E-state index contributed by atoms with van der Waals surface area (Å²) in [7, 11) is 0. The van der Waals surface area contributed by atoms with Crippen LogP contribution in [0.5, 0.6) is 0 Å². The van der Waals surface area contributed by atoms with E-state index in [4.69, 9.17) is 14.9 Å². The van der Waals surface area contributed by atoms with Crippen LogP contribution in [0.4, 0.5) is 12.0 Å². The summed E-state index contributed by atoms with van der Waals surface area (Å²) < 4.78 is 10.3. The van der Waals surface area contributed by atoms with Crippen LogP contribution in [-0.4, -0.2) is 29.0 Å². The van der Waals surface area contributed by atoms with Crippen molar-refractivity contribution >= 4 is 12.0 Å². The van der Waals surface area contributed by atoms with Crippen LogP contribution in [0.1, 0.15) is 19.8 Å². The number of nitrogens with two attached hydrogens (primary N) is 1. The van der Waals surface area contributed by atoms with Gasteiger partial charge in [0.15, 0.2) is 0 Å². The molecule has 1 fully saturated rings. The van der Waals surface area contributed by atoms with Gasteiger partial charge in [-0.25, -0.2) is 0 Å². The Morgan fingerprint density at radius 3 is 2.64 bits per heavy atom. The van der Waals surface area contributed by atoms with Gasteiger partial charge in [0.1, 0.15) is 0 Å². The van der Waals surface area contributed by atoms with Gasteiger partial charge in [-0.05, 0) is 19.8 Å². The Balaban J connectivity index is 2.01. The van der Waals surface area contributed by atoms with E-state index in [0.29, 0.717) is 6.01 Å². The van der Waals surface area contributed by atoms with E-state index in [0.717, 1.165) is 26.1 Å². The zero-order chi connectivity index (χ0) is 10.0. The fraction of sp³-hybridized carbons (Fsp3) is 0.750. The lowest BCUT2D eigenvalue weighted by atomic mass is 9.93. The molecule has 0 bridgehead atoms. The average molecular weight is 198 g/mol. The maximum atomic E-state index is 5.32. The molecule has 1 saturated heterocycles. The largest absolute Gasteiger partial charge is 0.390 e. The van der Waals surface area contributed by atoms with Crippen molar-refractivity contribution in [3.8, 4) is 0 Å². The van der Waals surface area contributed by atoms with Gasteiger partial charge < -0.3 is 20.2 Å². The second kappa shape index (κ2) is 3.45. The van der Waals surface area contributed by atoms with Crippen LogP contribution < -0.4 is 11.1 Å². The number of rotatable bonds is 2. The van der Waals surface area contributed by atoms with E-state index >= 15 is 0 Å². The fourth-order valence-electron chi connectivity index (χ4n) is 1.49. The first kappa shape index (κ1) is 9.26. The van der Waals surface area contributed by atoms with E-state index in [1.807, 2.05) is 0 Å². The summed E-state index contributed by atoms with van der Waals surface area (Å²) in [5.74, 6) is 0. The second-order valence-corrected chi connectivity index (χ2v) is 3.74. The first-order valence-electron chi connectivity index (χ1n) is 4.63. The van der Waals surface area contributed by atoms with Crippen LogP contribution in [0.25, 0.3) is 0 Å². The van der Waals surface area contributed by atoms with E-state index in [9.17, 15) is 0 Å². The molecule has 3 N–H and O–H groups in total. The molecule has 1 aliphatic heterocycles. The molecule has 2 heterocycles. The van der Waals surface area contributed by atoms with Gasteiger partial charge in [0, 0.05) is 18.8 Å². The van der Waals surface area contributed by atoms with Gasteiger partial charge in [0.25, 0.3) is 0 Å². The van der Waals surface area contributed by atoms with Crippen molar-refractivity contribution in [2.45, 2.75) is 25.3 Å². The molecule has 14 heavy (non-hydrogen) atoms. The molecule has 6 nitrogen and oxygen atoms in total. The minimum atomic E-state index is -0.0305. The summed E-state index contributed by atoms with van der Waals surface area (Å²) >= 11 is 0. The van der Waals surface area contributed by atoms with Gasteiger partial charge in [-0.3, -0.25) is 0 Å². The SMILES string of the molecule is CC1(Nc2nnc(N)o2)CCOCC1. The molecule has 0 spiro atoms. The van der Waals surface area contributed by atoms with Gasteiger partial charge in [0.2, 0.25) is 0 Å². The molecular formula is C8H14N4O2. The van der Waals surface area contributed by atoms with Crippen LogP contribution >= 0.6 is 0 Å². The van der Waals surface area contributed by atoms with Gasteiger partial charge in [-0.2, -0.15) is 0 Å². The predicted octanol–water partition coefficient (Wildman–Crippen LogP) is 0.633. The van der Waals surface area contributed by atoms with Crippen molar-refractivity contribution in [2.24, 2.45) is 0 Å². The van der Waals surface area contributed by atoms with E-state index in [2.05, 4.69) is 22.4 Å². The van der Waals surface area contributed by atoms with Gasteiger partial charge in [0.05, 0.1) is 0 Å². The topological polar surface area (TPSA) is 86.2 Å². The lowest BCUT2D eigenvalue weighted by Gasteiger charge is -2.33. The second-order valence-electron chi connectivity index (χ2n) is 3.74. The summed E-state index contributed by atoms with van der Waals surface area (Å²) in [6, 6.07) is 0.468.